The van der Waals surface area contributed by atoms with Gasteiger partial charge < -0.3 is 18.9 Å². The first-order chi connectivity index (χ1) is 12.6. The van der Waals surface area contributed by atoms with Gasteiger partial charge in [-0.05, 0) is 35.7 Å². The minimum atomic E-state index is -0.0362. The summed E-state index contributed by atoms with van der Waals surface area (Å²) in [6, 6.07) is 15.8. The maximum atomic E-state index is 12.9. The summed E-state index contributed by atoms with van der Waals surface area (Å²) in [5.74, 6) is 1.31. The Morgan fingerprint density at radius 2 is 1.85 bits per heavy atom. The van der Waals surface area contributed by atoms with E-state index in [0.29, 0.717) is 36.8 Å². The molecule has 5 heteroatoms. The lowest BCUT2D eigenvalue weighted by Gasteiger charge is -2.18. The van der Waals surface area contributed by atoms with Gasteiger partial charge in [-0.3, -0.25) is 4.79 Å². The number of para-hydroxylation sites is 1. The van der Waals surface area contributed by atoms with Gasteiger partial charge in [0.05, 0.1) is 19.8 Å². The van der Waals surface area contributed by atoms with Gasteiger partial charge in [-0.15, -0.1) is 0 Å². The molecule has 5 nitrogen and oxygen atoms in total. The van der Waals surface area contributed by atoms with Crippen molar-refractivity contribution < 1.29 is 14.3 Å². The highest BCUT2D eigenvalue weighted by Crippen LogP contribution is 2.31. The molecular weight excluding hydrogens is 328 g/mol. The molecule has 1 aliphatic heterocycles. The number of aromatic nitrogens is 1. The summed E-state index contributed by atoms with van der Waals surface area (Å²) in [6.07, 6.45) is 0.846. The second-order valence-corrected chi connectivity index (χ2v) is 6.63. The van der Waals surface area contributed by atoms with Crippen molar-refractivity contribution in [2.24, 2.45) is 7.05 Å². The molecule has 1 aromatic heterocycles. The number of aryl methyl sites for hydroxylation is 1. The number of rotatable bonds is 3. The van der Waals surface area contributed by atoms with Crippen LogP contribution in [0.1, 0.15) is 22.5 Å². The fraction of sp³-hybridized carbons (Fsp3) is 0.286. The van der Waals surface area contributed by atoms with Crippen LogP contribution in [0.5, 0.6) is 11.5 Å². The smallest absolute Gasteiger partial charge is 0.254 e. The Balaban J connectivity index is 1.56. The number of hydrogen-bond donors (Lipinski definition) is 0. The predicted octanol–water partition coefficient (Wildman–Crippen LogP) is 3.61. The summed E-state index contributed by atoms with van der Waals surface area (Å²) in [5.41, 5.74) is 2.87. The minimum Gasteiger partial charge on any atom is -0.490 e. The summed E-state index contributed by atoms with van der Waals surface area (Å²) < 4.78 is 13.5. The van der Waals surface area contributed by atoms with Gasteiger partial charge in [0.15, 0.2) is 11.5 Å². The van der Waals surface area contributed by atoms with E-state index < -0.39 is 0 Å². The van der Waals surface area contributed by atoms with Crippen molar-refractivity contribution >= 4 is 16.8 Å². The van der Waals surface area contributed by atoms with E-state index in [1.165, 1.54) is 10.9 Å². The fourth-order valence-corrected chi connectivity index (χ4v) is 3.33. The Labute approximate surface area is 152 Å². The molecule has 0 bridgehead atoms. The predicted molar refractivity (Wildman–Crippen MR) is 101 cm³/mol. The van der Waals surface area contributed by atoms with Crippen molar-refractivity contribution in [3.8, 4) is 11.5 Å². The largest absolute Gasteiger partial charge is 0.490 e. The van der Waals surface area contributed by atoms with Crippen molar-refractivity contribution in [2.45, 2.75) is 13.0 Å². The molecule has 1 aliphatic rings. The van der Waals surface area contributed by atoms with Crippen LogP contribution in [-0.2, 0) is 13.6 Å². The van der Waals surface area contributed by atoms with Crippen LogP contribution in [0.3, 0.4) is 0 Å². The first-order valence-electron chi connectivity index (χ1n) is 8.82. The highest BCUT2D eigenvalue weighted by Gasteiger charge is 2.18. The quantitative estimate of drug-likeness (QED) is 0.725. The molecule has 0 atom stereocenters. The Morgan fingerprint density at radius 1 is 1.08 bits per heavy atom. The lowest BCUT2D eigenvalue weighted by atomic mass is 10.1. The summed E-state index contributed by atoms with van der Waals surface area (Å²) in [6.45, 7) is 1.79. The second kappa shape index (κ2) is 6.75. The number of fused-ring (bicyclic) bond motifs is 2. The van der Waals surface area contributed by atoms with Crippen molar-refractivity contribution in [3.63, 3.8) is 0 Å². The fourth-order valence-electron chi connectivity index (χ4n) is 3.33. The molecule has 0 radical (unpaired) electrons. The number of benzene rings is 2. The van der Waals surface area contributed by atoms with Gasteiger partial charge >= 0.3 is 0 Å². The van der Waals surface area contributed by atoms with Gasteiger partial charge in [0.25, 0.3) is 5.91 Å². The standard InChI is InChI=1S/C21H22N2O3/c1-22(14-17-12-15-6-3-4-7-18(15)23(17)2)21(24)16-8-9-19-20(13-16)26-11-5-10-25-19/h3-4,6-9,12-13H,5,10-11,14H2,1-2H3. The number of hydrogen-bond acceptors (Lipinski definition) is 3. The summed E-state index contributed by atoms with van der Waals surface area (Å²) in [5, 5.41) is 1.18. The topological polar surface area (TPSA) is 43.7 Å². The highest BCUT2D eigenvalue weighted by atomic mass is 16.5. The molecule has 134 valence electrons. The molecule has 0 aliphatic carbocycles. The maximum absolute atomic E-state index is 12.9. The third kappa shape index (κ3) is 3.01. The molecule has 2 heterocycles. The molecule has 3 aromatic rings. The third-order valence-electron chi connectivity index (χ3n) is 4.79. The zero-order valence-corrected chi connectivity index (χ0v) is 15.1. The van der Waals surface area contributed by atoms with Crippen LogP contribution < -0.4 is 9.47 Å². The number of carbonyl (C=O) groups excluding carboxylic acids is 1. The van der Waals surface area contributed by atoms with Crippen LogP contribution in [-0.4, -0.2) is 35.6 Å². The molecule has 0 spiro atoms. The van der Waals surface area contributed by atoms with Crippen molar-refractivity contribution in [1.82, 2.24) is 9.47 Å². The summed E-state index contributed by atoms with van der Waals surface area (Å²) >= 11 is 0. The van der Waals surface area contributed by atoms with Gasteiger partial charge in [-0.1, -0.05) is 18.2 Å². The van der Waals surface area contributed by atoms with Gasteiger partial charge in [-0.25, -0.2) is 0 Å². The van der Waals surface area contributed by atoms with E-state index in [9.17, 15) is 4.79 Å². The summed E-state index contributed by atoms with van der Waals surface area (Å²) in [7, 11) is 3.85. The van der Waals surface area contributed by atoms with E-state index in [4.69, 9.17) is 9.47 Å². The van der Waals surface area contributed by atoms with E-state index in [0.717, 1.165) is 12.1 Å². The average molecular weight is 350 g/mol. The van der Waals surface area contributed by atoms with Crippen LogP contribution in [0.4, 0.5) is 0 Å². The SMILES string of the molecule is CN(Cc1cc2ccccc2n1C)C(=O)c1ccc2c(c1)OCCCO2. The normalized spacial score (nSPS) is 13.5. The molecule has 4 rings (SSSR count). The molecule has 0 N–H and O–H groups in total. The lowest BCUT2D eigenvalue weighted by molar-refractivity contribution is 0.0782. The van der Waals surface area contributed by atoms with Gasteiger partial charge in [0, 0.05) is 37.3 Å². The Kier molecular flexibility index (Phi) is 4.29. The monoisotopic (exact) mass is 350 g/mol. The molecule has 2 aromatic carbocycles. The maximum Gasteiger partial charge on any atom is 0.254 e. The molecule has 0 saturated heterocycles. The number of ether oxygens (including phenoxy) is 2. The first kappa shape index (κ1) is 16.5. The number of carbonyl (C=O) groups is 1. The van der Waals surface area contributed by atoms with Crippen molar-refractivity contribution in [2.75, 3.05) is 20.3 Å². The van der Waals surface area contributed by atoms with E-state index in [-0.39, 0.29) is 5.91 Å². The van der Waals surface area contributed by atoms with Gasteiger partial charge in [0.2, 0.25) is 0 Å². The van der Waals surface area contributed by atoms with Crippen LogP contribution in [0.25, 0.3) is 10.9 Å². The third-order valence-corrected chi connectivity index (χ3v) is 4.79. The Bertz CT molecular complexity index is 961. The lowest BCUT2D eigenvalue weighted by Crippen LogP contribution is -2.27. The molecule has 0 saturated carbocycles. The number of nitrogens with zero attached hydrogens (tertiary/aromatic N) is 2. The highest BCUT2D eigenvalue weighted by molar-refractivity contribution is 5.94. The van der Waals surface area contributed by atoms with E-state index in [1.54, 1.807) is 17.0 Å². The average Bonchev–Trinajstić information content (AvgIpc) is 2.84. The molecular formula is C21H22N2O3. The summed E-state index contributed by atoms with van der Waals surface area (Å²) in [4.78, 5) is 14.6. The van der Waals surface area contributed by atoms with E-state index in [2.05, 4.69) is 22.8 Å². The van der Waals surface area contributed by atoms with E-state index >= 15 is 0 Å². The van der Waals surface area contributed by atoms with Crippen LogP contribution in [0.2, 0.25) is 0 Å². The minimum absolute atomic E-state index is 0.0362. The van der Waals surface area contributed by atoms with Crippen LogP contribution in [0.15, 0.2) is 48.5 Å². The molecule has 26 heavy (non-hydrogen) atoms. The van der Waals surface area contributed by atoms with E-state index in [1.807, 2.05) is 32.3 Å². The molecule has 0 fully saturated rings. The number of amides is 1. The van der Waals surface area contributed by atoms with Crippen molar-refractivity contribution in [3.05, 3.63) is 59.8 Å². The first-order valence-corrected chi connectivity index (χ1v) is 8.82. The molecule has 0 unspecified atom stereocenters. The zero-order chi connectivity index (χ0) is 18.1. The Morgan fingerprint density at radius 3 is 2.65 bits per heavy atom. The second-order valence-electron chi connectivity index (χ2n) is 6.63. The zero-order valence-electron chi connectivity index (χ0n) is 15.1. The van der Waals surface area contributed by atoms with Crippen LogP contribution >= 0.6 is 0 Å². The van der Waals surface area contributed by atoms with Crippen LogP contribution in [0, 0.1) is 0 Å². The van der Waals surface area contributed by atoms with Gasteiger partial charge in [-0.2, -0.15) is 0 Å². The molecule has 1 amide bonds. The van der Waals surface area contributed by atoms with Crippen molar-refractivity contribution in [1.29, 1.82) is 0 Å². The Hall–Kier alpha value is -2.95. The van der Waals surface area contributed by atoms with Gasteiger partial charge in [0.1, 0.15) is 0 Å².